The van der Waals surface area contributed by atoms with Gasteiger partial charge in [0.25, 0.3) is 0 Å². The van der Waals surface area contributed by atoms with Gasteiger partial charge in [-0.2, -0.15) is 5.26 Å². The highest BCUT2D eigenvalue weighted by atomic mass is 32.1. The number of nitrogens with zero attached hydrogens (tertiary/aromatic N) is 4. The average molecular weight is 1160 g/mol. The van der Waals surface area contributed by atoms with Crippen LogP contribution in [0.15, 0.2) is 315 Å². The van der Waals surface area contributed by atoms with E-state index in [1.807, 2.05) is 0 Å². The molecule has 0 saturated carbocycles. The standard InChI is InChI=1S/C85H52N4S/c86-53-73-81-66-33-19-20-34-80(66)90-85(81)84(89-78-45-39-64(58-29-15-5-16-30-58)51-71(78)72-52-65(40-46-79(72)89)59-31-17-6-18-32-59)83(88-76-43-37-62(56-25-11-3-12-26-56)49-69(76)70-50-63(38-44-77(70)88)57-27-13-4-14-28-57)82(73)87-74-41-35-60(54-21-7-1-8-22-54)47-67(74)68-48-61(36-42-75(68)87)55-23-9-2-10-24-55/h1-52H. The summed E-state index contributed by atoms with van der Waals surface area (Å²) < 4.78 is 9.65. The van der Waals surface area contributed by atoms with Crippen molar-refractivity contribution >= 4 is 96.9 Å². The van der Waals surface area contributed by atoms with Gasteiger partial charge in [0.15, 0.2) is 0 Å². The third-order valence-electron chi connectivity index (χ3n) is 18.5. The molecule has 18 aromatic rings. The Balaban J connectivity index is 1.07. The van der Waals surface area contributed by atoms with Crippen LogP contribution in [0.5, 0.6) is 0 Å². The van der Waals surface area contributed by atoms with E-state index in [0.717, 1.165) is 169 Å². The first-order valence-electron chi connectivity index (χ1n) is 30.6. The van der Waals surface area contributed by atoms with Crippen LogP contribution in [0, 0.1) is 11.3 Å². The van der Waals surface area contributed by atoms with Gasteiger partial charge in [-0.25, -0.2) is 0 Å². The summed E-state index contributed by atoms with van der Waals surface area (Å²) in [6.45, 7) is 0. The van der Waals surface area contributed by atoms with Gasteiger partial charge in [-0.3, -0.25) is 0 Å². The van der Waals surface area contributed by atoms with Gasteiger partial charge in [0.05, 0.1) is 60.4 Å². The van der Waals surface area contributed by atoms with Crippen LogP contribution in [0.3, 0.4) is 0 Å². The number of fused-ring (bicyclic) bond motifs is 12. The van der Waals surface area contributed by atoms with Crippen molar-refractivity contribution in [2.75, 3.05) is 0 Å². The molecule has 4 nitrogen and oxygen atoms in total. The van der Waals surface area contributed by atoms with Crippen molar-refractivity contribution in [3.63, 3.8) is 0 Å². The monoisotopic (exact) mass is 1160 g/mol. The van der Waals surface area contributed by atoms with E-state index in [1.54, 1.807) is 11.3 Å². The highest BCUT2D eigenvalue weighted by Crippen LogP contribution is 2.52. The number of nitriles is 1. The van der Waals surface area contributed by atoms with E-state index < -0.39 is 0 Å². The predicted molar refractivity (Wildman–Crippen MR) is 380 cm³/mol. The fraction of sp³-hybridized carbons (Fsp3) is 0. The third kappa shape index (κ3) is 8.06. The molecule has 0 amide bonds. The van der Waals surface area contributed by atoms with Crippen molar-refractivity contribution in [2.45, 2.75) is 0 Å². The Morgan fingerprint density at radius 2 is 0.489 bits per heavy atom. The van der Waals surface area contributed by atoms with Crippen LogP contribution in [0.2, 0.25) is 0 Å². The van der Waals surface area contributed by atoms with Crippen molar-refractivity contribution in [3.05, 3.63) is 321 Å². The minimum Gasteiger partial charge on any atom is -0.306 e. The van der Waals surface area contributed by atoms with E-state index in [-0.39, 0.29) is 0 Å². The summed E-state index contributed by atoms with van der Waals surface area (Å²) >= 11 is 1.77. The van der Waals surface area contributed by atoms with Gasteiger partial charge < -0.3 is 13.7 Å². The Morgan fingerprint density at radius 1 is 0.233 bits per heavy atom. The Morgan fingerprint density at radius 3 is 0.778 bits per heavy atom. The fourth-order valence-corrected chi connectivity index (χ4v) is 15.6. The molecule has 0 bridgehead atoms. The van der Waals surface area contributed by atoms with Crippen LogP contribution in [0.4, 0.5) is 0 Å². The maximum Gasteiger partial charge on any atom is 0.102 e. The Hall–Kier alpha value is -11.8. The van der Waals surface area contributed by atoms with Crippen molar-refractivity contribution < 1.29 is 0 Å². The van der Waals surface area contributed by atoms with E-state index in [2.05, 4.69) is 335 Å². The summed E-state index contributed by atoms with van der Waals surface area (Å²) in [5, 5.41) is 21.3. The highest BCUT2D eigenvalue weighted by Gasteiger charge is 2.33. The second kappa shape index (κ2) is 20.7. The molecule has 0 atom stereocenters. The molecule has 0 fully saturated rings. The zero-order valence-corrected chi connectivity index (χ0v) is 49.5. The number of hydrogen-bond donors (Lipinski definition) is 0. The van der Waals surface area contributed by atoms with Crippen molar-refractivity contribution in [2.24, 2.45) is 0 Å². The molecule has 14 aromatic carbocycles. The molecule has 90 heavy (non-hydrogen) atoms. The number of hydrogen-bond acceptors (Lipinski definition) is 2. The van der Waals surface area contributed by atoms with E-state index in [4.69, 9.17) is 0 Å². The van der Waals surface area contributed by atoms with Crippen molar-refractivity contribution in [1.29, 1.82) is 5.26 Å². The molecule has 418 valence electrons. The quantitative estimate of drug-likeness (QED) is 0.142. The molecular weight excluding hydrogens is 1110 g/mol. The molecule has 18 rings (SSSR count). The SMILES string of the molecule is N#Cc1c(-n2c3ccc(-c4ccccc4)cc3c3cc(-c4ccccc4)ccc32)c(-n2c3ccc(-c4ccccc4)cc3c3cc(-c4ccccc4)ccc32)c(-n2c3ccc(-c4ccccc4)cc3c3cc(-c4ccccc4)ccc32)c2sc3ccccc3c12. The molecule has 0 aliphatic rings. The van der Waals surface area contributed by atoms with Crippen LogP contribution < -0.4 is 0 Å². The lowest BCUT2D eigenvalue weighted by molar-refractivity contribution is 1.06. The average Bonchev–Trinajstić information content (AvgIpc) is 1.45. The summed E-state index contributed by atoms with van der Waals surface area (Å²) in [6, 6.07) is 118. The summed E-state index contributed by atoms with van der Waals surface area (Å²) in [7, 11) is 0. The molecule has 0 aliphatic carbocycles. The Bertz CT molecular complexity index is 5640. The summed E-state index contributed by atoms with van der Waals surface area (Å²) in [5.41, 5.74) is 23.1. The number of benzene rings is 14. The lowest BCUT2D eigenvalue weighted by Gasteiger charge is -2.24. The summed E-state index contributed by atoms with van der Waals surface area (Å²) in [6.07, 6.45) is 0. The van der Waals surface area contributed by atoms with Gasteiger partial charge in [-0.05, 0) is 146 Å². The van der Waals surface area contributed by atoms with Crippen LogP contribution in [-0.4, -0.2) is 13.7 Å². The number of rotatable bonds is 9. The third-order valence-corrected chi connectivity index (χ3v) is 19.6. The summed E-state index contributed by atoms with van der Waals surface area (Å²) in [4.78, 5) is 0. The van der Waals surface area contributed by atoms with Gasteiger partial charge >= 0.3 is 0 Å². The Kier molecular flexibility index (Phi) is 11.8. The van der Waals surface area contributed by atoms with Gasteiger partial charge in [0.2, 0.25) is 0 Å². The zero-order chi connectivity index (χ0) is 59.4. The Labute approximate surface area is 523 Å². The zero-order valence-electron chi connectivity index (χ0n) is 48.7. The second-order valence-electron chi connectivity index (χ2n) is 23.4. The first kappa shape index (κ1) is 51.4. The van der Waals surface area contributed by atoms with E-state index >= 15 is 0 Å². The molecule has 5 heteroatoms. The lowest BCUT2D eigenvalue weighted by atomic mass is 10.00. The molecule has 0 unspecified atom stereocenters. The molecule has 4 heterocycles. The highest BCUT2D eigenvalue weighted by molar-refractivity contribution is 7.26. The smallest absolute Gasteiger partial charge is 0.102 e. The molecule has 0 N–H and O–H groups in total. The van der Waals surface area contributed by atoms with Gasteiger partial charge in [-0.15, -0.1) is 11.3 Å². The molecule has 0 aliphatic heterocycles. The maximum atomic E-state index is 12.7. The first-order chi connectivity index (χ1) is 44.6. The topological polar surface area (TPSA) is 38.6 Å². The second-order valence-corrected chi connectivity index (χ2v) is 24.5. The normalized spacial score (nSPS) is 11.8. The molecule has 4 aromatic heterocycles. The molecular formula is C85H52N4S. The van der Waals surface area contributed by atoms with Gasteiger partial charge in [-0.1, -0.05) is 237 Å². The molecule has 0 spiro atoms. The van der Waals surface area contributed by atoms with Crippen LogP contribution in [0.1, 0.15) is 5.56 Å². The maximum absolute atomic E-state index is 12.7. The fourth-order valence-electron chi connectivity index (χ4n) is 14.3. The lowest BCUT2D eigenvalue weighted by Crippen LogP contribution is -2.12. The minimum atomic E-state index is 0.606. The van der Waals surface area contributed by atoms with E-state index in [9.17, 15) is 5.26 Å². The van der Waals surface area contributed by atoms with E-state index in [1.165, 1.54) is 0 Å². The van der Waals surface area contributed by atoms with Crippen molar-refractivity contribution in [3.8, 4) is 89.9 Å². The number of thiophene rings is 1. The predicted octanol–water partition coefficient (Wildman–Crippen LogP) is 23.2. The van der Waals surface area contributed by atoms with Crippen LogP contribution in [-0.2, 0) is 0 Å². The first-order valence-corrected chi connectivity index (χ1v) is 31.4. The molecule has 0 radical (unpaired) electrons. The van der Waals surface area contributed by atoms with Crippen molar-refractivity contribution in [1.82, 2.24) is 13.7 Å². The van der Waals surface area contributed by atoms with Crippen LogP contribution in [0.25, 0.3) is 169 Å². The van der Waals surface area contributed by atoms with Gasteiger partial charge in [0.1, 0.15) is 6.07 Å². The van der Waals surface area contributed by atoms with E-state index in [0.29, 0.717) is 5.56 Å². The minimum absolute atomic E-state index is 0.606. The number of aromatic nitrogens is 3. The largest absolute Gasteiger partial charge is 0.306 e. The summed E-state index contributed by atoms with van der Waals surface area (Å²) in [5.74, 6) is 0. The molecule has 0 saturated heterocycles. The van der Waals surface area contributed by atoms with Crippen LogP contribution >= 0.6 is 11.3 Å². The van der Waals surface area contributed by atoms with Gasteiger partial charge in [0, 0.05) is 47.8 Å².